The van der Waals surface area contributed by atoms with E-state index in [9.17, 15) is 0 Å². The summed E-state index contributed by atoms with van der Waals surface area (Å²) in [5.41, 5.74) is 8.88. The van der Waals surface area contributed by atoms with Crippen LogP contribution in [0.3, 0.4) is 0 Å². The Balaban J connectivity index is 0.000000461. The fourth-order valence-corrected chi connectivity index (χ4v) is 0.760. The van der Waals surface area contributed by atoms with Crippen molar-refractivity contribution in [1.29, 1.82) is 5.26 Å². The van der Waals surface area contributed by atoms with Crippen molar-refractivity contribution in [2.75, 3.05) is 5.73 Å². The van der Waals surface area contributed by atoms with Crippen molar-refractivity contribution in [2.24, 2.45) is 0 Å². The maximum atomic E-state index is 6.50. The Kier molecular flexibility index (Phi) is 3.76. The van der Waals surface area contributed by atoms with E-state index in [1.54, 1.807) is 0 Å². The van der Waals surface area contributed by atoms with Crippen molar-refractivity contribution < 1.29 is 0 Å². The standard InChI is InChI=1S/C8H11N.CHN/c1-6-3-4-7(2)8(9)5-6;1-2/h3-5H,9H2,1-2H3;1H. The van der Waals surface area contributed by atoms with E-state index in [1.165, 1.54) is 5.56 Å². The number of aryl methyl sites for hydroxylation is 2. The van der Waals surface area contributed by atoms with Crippen LogP contribution in [0.2, 0.25) is 0 Å². The number of hydrogen-bond acceptors (Lipinski definition) is 2. The van der Waals surface area contributed by atoms with E-state index in [0.29, 0.717) is 0 Å². The second-order valence-corrected chi connectivity index (χ2v) is 2.36. The lowest BCUT2D eigenvalue weighted by Crippen LogP contribution is -1.88. The number of nitrogens with two attached hydrogens (primary N) is 1. The highest BCUT2D eigenvalue weighted by Gasteiger charge is 1.89. The lowest BCUT2D eigenvalue weighted by atomic mass is 10.1. The minimum absolute atomic E-state index is 0.884. The number of anilines is 1. The predicted molar refractivity (Wildman–Crippen MR) is 47.0 cm³/mol. The average Bonchev–Trinajstić information content (AvgIpc) is 2.02. The van der Waals surface area contributed by atoms with E-state index in [0.717, 1.165) is 11.3 Å². The molecule has 0 heterocycles. The summed E-state index contributed by atoms with van der Waals surface area (Å²) in [5.74, 6) is 0. The second kappa shape index (κ2) is 4.35. The third kappa shape index (κ3) is 2.72. The Morgan fingerprint density at radius 1 is 1.27 bits per heavy atom. The molecular weight excluding hydrogens is 136 g/mol. The van der Waals surface area contributed by atoms with Gasteiger partial charge in [0, 0.05) is 12.3 Å². The van der Waals surface area contributed by atoms with E-state index in [-0.39, 0.29) is 0 Å². The van der Waals surface area contributed by atoms with Gasteiger partial charge in [-0.25, -0.2) is 5.26 Å². The summed E-state index contributed by atoms with van der Waals surface area (Å²) < 4.78 is 0. The first-order valence-corrected chi connectivity index (χ1v) is 3.28. The normalized spacial score (nSPS) is 8.00. The van der Waals surface area contributed by atoms with Crippen LogP contribution >= 0.6 is 0 Å². The van der Waals surface area contributed by atoms with Gasteiger partial charge in [0.15, 0.2) is 0 Å². The Bertz CT molecular complexity index is 251. The van der Waals surface area contributed by atoms with Crippen molar-refractivity contribution in [2.45, 2.75) is 13.8 Å². The smallest absolute Gasteiger partial charge is 0.0462 e. The van der Waals surface area contributed by atoms with Crippen molar-refractivity contribution >= 4 is 5.69 Å². The highest BCUT2D eigenvalue weighted by Crippen LogP contribution is 2.10. The molecule has 0 radical (unpaired) electrons. The molecule has 0 aromatic heterocycles. The van der Waals surface area contributed by atoms with E-state index in [4.69, 9.17) is 11.0 Å². The van der Waals surface area contributed by atoms with E-state index < -0.39 is 0 Å². The van der Waals surface area contributed by atoms with Crippen LogP contribution in [0.4, 0.5) is 5.69 Å². The summed E-state index contributed by atoms with van der Waals surface area (Å²) in [6, 6.07) is 6.08. The largest absolute Gasteiger partial charge is 0.399 e. The summed E-state index contributed by atoms with van der Waals surface area (Å²) in [6.45, 7) is 7.55. The highest BCUT2D eigenvalue weighted by atomic mass is 14.5. The van der Waals surface area contributed by atoms with Crippen molar-refractivity contribution in [1.82, 2.24) is 0 Å². The van der Waals surface area contributed by atoms with Gasteiger partial charge in [-0.05, 0) is 31.0 Å². The maximum absolute atomic E-state index is 6.50. The van der Waals surface area contributed by atoms with Crippen molar-refractivity contribution in [3.63, 3.8) is 0 Å². The SMILES string of the molecule is C#N.Cc1ccc(C)c(N)c1. The first kappa shape index (κ1) is 9.51. The molecular formula is C9H12N2. The van der Waals surface area contributed by atoms with E-state index in [2.05, 4.69) is 12.6 Å². The topological polar surface area (TPSA) is 49.8 Å². The summed E-state index contributed by atoms with van der Waals surface area (Å²) >= 11 is 0. The molecule has 2 heteroatoms. The van der Waals surface area contributed by atoms with Gasteiger partial charge in [-0.15, -0.1) is 0 Å². The van der Waals surface area contributed by atoms with Gasteiger partial charge >= 0.3 is 0 Å². The number of rotatable bonds is 0. The molecule has 0 aliphatic rings. The minimum atomic E-state index is 0.884. The van der Waals surface area contributed by atoms with Crippen LogP contribution in [0.15, 0.2) is 18.2 Å². The Morgan fingerprint density at radius 2 is 1.82 bits per heavy atom. The molecule has 2 nitrogen and oxygen atoms in total. The molecule has 0 aliphatic heterocycles. The summed E-state index contributed by atoms with van der Waals surface area (Å²) in [4.78, 5) is 0. The maximum Gasteiger partial charge on any atom is 0.0462 e. The molecule has 0 fully saturated rings. The summed E-state index contributed by atoms with van der Waals surface area (Å²) in [5, 5.41) is 6.50. The number of nitrogen functional groups attached to an aromatic ring is 1. The number of hydrogen-bond donors (Lipinski definition) is 1. The van der Waals surface area contributed by atoms with Crippen LogP contribution in [0.1, 0.15) is 11.1 Å². The van der Waals surface area contributed by atoms with Crippen LogP contribution in [0.25, 0.3) is 0 Å². The van der Waals surface area contributed by atoms with E-state index >= 15 is 0 Å². The fourth-order valence-electron chi connectivity index (χ4n) is 0.760. The van der Waals surface area contributed by atoms with Gasteiger partial charge in [0.2, 0.25) is 0 Å². The molecule has 1 aromatic rings. The van der Waals surface area contributed by atoms with Crippen LogP contribution in [0, 0.1) is 25.7 Å². The molecule has 0 unspecified atom stereocenters. The molecule has 1 rings (SSSR count). The lowest BCUT2D eigenvalue weighted by molar-refractivity contribution is 1.40. The van der Waals surface area contributed by atoms with Crippen molar-refractivity contribution in [3.05, 3.63) is 29.3 Å². The van der Waals surface area contributed by atoms with Gasteiger partial charge in [-0.3, -0.25) is 0 Å². The Morgan fingerprint density at radius 3 is 2.18 bits per heavy atom. The van der Waals surface area contributed by atoms with E-state index in [1.807, 2.05) is 26.0 Å². The lowest BCUT2D eigenvalue weighted by Gasteiger charge is -1.98. The summed E-state index contributed by atoms with van der Waals surface area (Å²) in [6.07, 6.45) is 0. The first-order chi connectivity index (χ1) is 5.20. The predicted octanol–water partition coefficient (Wildman–Crippen LogP) is 2.03. The molecule has 0 bridgehead atoms. The van der Waals surface area contributed by atoms with Crippen LogP contribution < -0.4 is 5.73 Å². The molecule has 0 amide bonds. The van der Waals surface area contributed by atoms with Crippen molar-refractivity contribution in [3.8, 4) is 6.57 Å². The molecule has 1 aromatic carbocycles. The third-order valence-corrected chi connectivity index (χ3v) is 1.43. The van der Waals surface area contributed by atoms with Crippen LogP contribution in [0.5, 0.6) is 0 Å². The zero-order valence-corrected chi connectivity index (χ0v) is 6.83. The Hall–Kier alpha value is -1.49. The Labute approximate surface area is 67.3 Å². The molecule has 0 atom stereocenters. The van der Waals surface area contributed by atoms with Crippen LogP contribution in [-0.4, -0.2) is 0 Å². The molecule has 11 heavy (non-hydrogen) atoms. The average molecular weight is 148 g/mol. The molecule has 0 spiro atoms. The molecule has 58 valence electrons. The zero-order valence-electron chi connectivity index (χ0n) is 6.83. The zero-order chi connectivity index (χ0) is 8.85. The number of nitrogens with zero attached hydrogens (tertiary/aromatic N) is 1. The van der Waals surface area contributed by atoms with Crippen LogP contribution in [-0.2, 0) is 0 Å². The second-order valence-electron chi connectivity index (χ2n) is 2.36. The van der Waals surface area contributed by atoms with Gasteiger partial charge in [0.25, 0.3) is 0 Å². The van der Waals surface area contributed by atoms with Gasteiger partial charge < -0.3 is 5.73 Å². The highest BCUT2D eigenvalue weighted by molar-refractivity contribution is 5.47. The van der Waals surface area contributed by atoms with Gasteiger partial charge in [0.1, 0.15) is 0 Å². The third-order valence-electron chi connectivity index (χ3n) is 1.43. The molecule has 0 saturated heterocycles. The minimum Gasteiger partial charge on any atom is -0.399 e. The number of benzene rings is 1. The fraction of sp³-hybridized carbons (Fsp3) is 0.222. The van der Waals surface area contributed by atoms with Gasteiger partial charge in [-0.2, -0.15) is 0 Å². The van der Waals surface area contributed by atoms with Gasteiger partial charge in [-0.1, -0.05) is 12.1 Å². The first-order valence-electron chi connectivity index (χ1n) is 3.28. The monoisotopic (exact) mass is 148 g/mol. The molecule has 0 saturated carbocycles. The van der Waals surface area contributed by atoms with Gasteiger partial charge in [0.05, 0.1) is 0 Å². The summed E-state index contributed by atoms with van der Waals surface area (Å²) in [7, 11) is 0. The number of nitriles is 1. The quantitative estimate of drug-likeness (QED) is 0.572. The molecule has 2 N–H and O–H groups in total. The molecule has 0 aliphatic carbocycles.